The van der Waals surface area contributed by atoms with Gasteiger partial charge in [0.05, 0.1) is 6.61 Å². The van der Waals surface area contributed by atoms with Crippen LogP contribution in [0, 0.1) is 11.6 Å². The normalized spacial score (nSPS) is 11.6. The first-order valence-corrected chi connectivity index (χ1v) is 5.37. The van der Waals surface area contributed by atoms with Gasteiger partial charge in [0.2, 0.25) is 0 Å². The number of ether oxygens (including phenoxy) is 1. The van der Waals surface area contributed by atoms with Crippen LogP contribution in [0.2, 0.25) is 0 Å². The maximum atomic E-state index is 12.8. The molecule has 1 aromatic carbocycles. The van der Waals surface area contributed by atoms with Gasteiger partial charge < -0.3 is 4.74 Å². The molecule has 0 aliphatic rings. The maximum Gasteiger partial charge on any atom is 0.411 e. The molecule has 0 atom stereocenters. The van der Waals surface area contributed by atoms with E-state index < -0.39 is 30.2 Å². The summed E-state index contributed by atoms with van der Waals surface area (Å²) in [6.07, 6.45) is -4.92. The van der Waals surface area contributed by atoms with Crippen LogP contribution < -0.4 is 0 Å². The first-order valence-electron chi connectivity index (χ1n) is 5.37. The third-order valence-corrected chi connectivity index (χ3v) is 2.11. The van der Waals surface area contributed by atoms with E-state index in [1.54, 1.807) is 0 Å². The molecule has 0 fully saturated rings. The standard InChI is InChI=1S/C12H11F5O2/c13-9-3-8(4-10(14)6-9)5-11(18)1-2-19-7-12(15,16)17/h3-4,6H,1-2,5,7H2. The fourth-order valence-electron chi connectivity index (χ4n) is 1.40. The van der Waals surface area contributed by atoms with Crippen molar-refractivity contribution in [2.45, 2.75) is 19.0 Å². The molecule has 0 N–H and O–H groups in total. The van der Waals surface area contributed by atoms with E-state index in [1.165, 1.54) is 0 Å². The Morgan fingerprint density at radius 1 is 1.11 bits per heavy atom. The molecule has 0 heterocycles. The first-order chi connectivity index (χ1) is 8.76. The minimum atomic E-state index is -4.44. The second-order valence-electron chi connectivity index (χ2n) is 3.91. The third-order valence-electron chi connectivity index (χ3n) is 2.11. The van der Waals surface area contributed by atoms with Crippen molar-refractivity contribution in [1.82, 2.24) is 0 Å². The first kappa shape index (κ1) is 15.6. The van der Waals surface area contributed by atoms with Gasteiger partial charge in [0.25, 0.3) is 0 Å². The van der Waals surface area contributed by atoms with Crippen molar-refractivity contribution in [3.63, 3.8) is 0 Å². The molecule has 0 saturated heterocycles. The van der Waals surface area contributed by atoms with E-state index in [0.717, 1.165) is 12.1 Å². The van der Waals surface area contributed by atoms with Crippen molar-refractivity contribution in [2.24, 2.45) is 0 Å². The minimum Gasteiger partial charge on any atom is -0.372 e. The van der Waals surface area contributed by atoms with Gasteiger partial charge in [0.15, 0.2) is 0 Å². The second kappa shape index (κ2) is 6.60. The lowest BCUT2D eigenvalue weighted by molar-refractivity contribution is -0.174. The molecule has 106 valence electrons. The van der Waals surface area contributed by atoms with Gasteiger partial charge in [0.1, 0.15) is 24.0 Å². The topological polar surface area (TPSA) is 26.3 Å². The molecular weight excluding hydrogens is 271 g/mol. The number of alkyl halides is 3. The van der Waals surface area contributed by atoms with Crippen LogP contribution in [0.25, 0.3) is 0 Å². The highest BCUT2D eigenvalue weighted by molar-refractivity contribution is 5.80. The molecule has 0 aliphatic carbocycles. The van der Waals surface area contributed by atoms with Gasteiger partial charge in [-0.05, 0) is 17.7 Å². The van der Waals surface area contributed by atoms with Gasteiger partial charge in [-0.25, -0.2) is 8.78 Å². The molecule has 0 radical (unpaired) electrons. The van der Waals surface area contributed by atoms with Crippen LogP contribution in [0.4, 0.5) is 22.0 Å². The van der Waals surface area contributed by atoms with Gasteiger partial charge in [-0.3, -0.25) is 4.79 Å². The van der Waals surface area contributed by atoms with Crippen LogP contribution >= 0.6 is 0 Å². The van der Waals surface area contributed by atoms with E-state index in [2.05, 4.69) is 4.74 Å². The summed E-state index contributed by atoms with van der Waals surface area (Å²) in [5.41, 5.74) is 0.137. The Morgan fingerprint density at radius 2 is 1.68 bits per heavy atom. The Morgan fingerprint density at radius 3 is 2.21 bits per heavy atom. The van der Waals surface area contributed by atoms with Gasteiger partial charge in [-0.15, -0.1) is 0 Å². The average Bonchev–Trinajstić information content (AvgIpc) is 2.21. The number of hydrogen-bond acceptors (Lipinski definition) is 2. The average molecular weight is 282 g/mol. The summed E-state index contributed by atoms with van der Waals surface area (Å²) in [6.45, 7) is -1.80. The number of ketones is 1. The van der Waals surface area contributed by atoms with E-state index in [-0.39, 0.29) is 25.0 Å². The molecule has 0 aromatic heterocycles. The minimum absolute atomic E-state index is 0.137. The molecule has 7 heteroatoms. The largest absolute Gasteiger partial charge is 0.411 e. The number of hydrogen-bond donors (Lipinski definition) is 0. The van der Waals surface area contributed by atoms with Gasteiger partial charge in [-0.1, -0.05) is 0 Å². The Balaban J connectivity index is 2.35. The quantitative estimate of drug-likeness (QED) is 0.592. The fraction of sp³-hybridized carbons (Fsp3) is 0.417. The molecule has 0 amide bonds. The van der Waals surface area contributed by atoms with E-state index in [4.69, 9.17) is 0 Å². The summed E-state index contributed by atoms with van der Waals surface area (Å²) in [5, 5.41) is 0. The monoisotopic (exact) mass is 282 g/mol. The number of carbonyl (C=O) groups excluding carboxylic acids is 1. The van der Waals surface area contributed by atoms with Crippen LogP contribution in [0.5, 0.6) is 0 Å². The van der Waals surface area contributed by atoms with Crippen LogP contribution in [0.3, 0.4) is 0 Å². The number of benzene rings is 1. The third kappa shape index (κ3) is 6.85. The molecule has 0 bridgehead atoms. The van der Waals surface area contributed by atoms with Crippen molar-refractivity contribution in [2.75, 3.05) is 13.2 Å². The Kier molecular flexibility index (Phi) is 5.41. The van der Waals surface area contributed by atoms with Gasteiger partial charge in [-0.2, -0.15) is 13.2 Å². The molecule has 0 spiro atoms. The highest BCUT2D eigenvalue weighted by Crippen LogP contribution is 2.14. The van der Waals surface area contributed by atoms with Crippen LogP contribution in [0.15, 0.2) is 18.2 Å². The van der Waals surface area contributed by atoms with Crippen LogP contribution in [0.1, 0.15) is 12.0 Å². The van der Waals surface area contributed by atoms with E-state index in [1.807, 2.05) is 0 Å². The van der Waals surface area contributed by atoms with Gasteiger partial charge in [0, 0.05) is 18.9 Å². The van der Waals surface area contributed by atoms with E-state index in [9.17, 15) is 26.7 Å². The summed E-state index contributed by atoms with van der Waals surface area (Å²) in [6, 6.07) is 2.66. The molecule has 2 nitrogen and oxygen atoms in total. The molecule has 19 heavy (non-hydrogen) atoms. The summed E-state index contributed by atoms with van der Waals surface area (Å²) in [4.78, 5) is 11.4. The maximum absolute atomic E-state index is 12.8. The van der Waals surface area contributed by atoms with E-state index >= 15 is 0 Å². The highest BCUT2D eigenvalue weighted by Gasteiger charge is 2.27. The molecule has 1 rings (SSSR count). The highest BCUT2D eigenvalue weighted by atomic mass is 19.4. The number of Topliss-reactive ketones (excluding diaryl/α,β-unsaturated/α-hetero) is 1. The summed E-state index contributed by atoms with van der Waals surface area (Å²) < 4.78 is 65.1. The van der Waals surface area contributed by atoms with Crippen molar-refractivity contribution in [1.29, 1.82) is 0 Å². The Labute approximate surface area is 106 Å². The molecule has 0 saturated carbocycles. The number of rotatable bonds is 6. The van der Waals surface area contributed by atoms with Crippen molar-refractivity contribution in [3.05, 3.63) is 35.4 Å². The van der Waals surface area contributed by atoms with Crippen molar-refractivity contribution in [3.8, 4) is 0 Å². The lowest BCUT2D eigenvalue weighted by atomic mass is 10.1. The zero-order valence-corrected chi connectivity index (χ0v) is 9.77. The lowest BCUT2D eigenvalue weighted by Gasteiger charge is -2.07. The number of halogens is 5. The van der Waals surface area contributed by atoms with Crippen molar-refractivity contribution >= 4 is 5.78 Å². The summed E-state index contributed by atoms with van der Waals surface area (Å²) >= 11 is 0. The predicted octanol–water partition coefficient (Wildman–Crippen LogP) is 3.05. The summed E-state index contributed by atoms with van der Waals surface area (Å²) in [7, 11) is 0. The van der Waals surface area contributed by atoms with Gasteiger partial charge >= 0.3 is 6.18 Å². The molecule has 1 aromatic rings. The number of carbonyl (C=O) groups is 1. The SMILES string of the molecule is O=C(CCOCC(F)(F)F)Cc1cc(F)cc(F)c1. The molecule has 0 unspecified atom stereocenters. The fourth-order valence-corrected chi connectivity index (χ4v) is 1.40. The Hall–Kier alpha value is -1.50. The van der Waals surface area contributed by atoms with Crippen LogP contribution in [-0.2, 0) is 16.0 Å². The van der Waals surface area contributed by atoms with Crippen LogP contribution in [-0.4, -0.2) is 25.2 Å². The lowest BCUT2D eigenvalue weighted by Crippen LogP contribution is -2.18. The summed E-state index contributed by atoms with van der Waals surface area (Å²) in [5.74, 6) is -2.07. The zero-order valence-electron chi connectivity index (χ0n) is 9.77. The smallest absolute Gasteiger partial charge is 0.372 e. The molecule has 0 aliphatic heterocycles. The Bertz CT molecular complexity index is 422. The van der Waals surface area contributed by atoms with E-state index in [0.29, 0.717) is 6.07 Å². The zero-order chi connectivity index (χ0) is 14.5. The van der Waals surface area contributed by atoms with Crippen molar-refractivity contribution < 1.29 is 31.5 Å². The predicted molar refractivity (Wildman–Crippen MR) is 56.6 cm³/mol. The second-order valence-corrected chi connectivity index (χ2v) is 3.91. The molecular formula is C12H11F5O2.